The third-order valence-corrected chi connectivity index (χ3v) is 4.41. The number of benzene rings is 1. The van der Waals surface area contributed by atoms with Crippen LogP contribution < -0.4 is 16.4 Å². The van der Waals surface area contributed by atoms with Crippen LogP contribution in [0.4, 0.5) is 18.9 Å². The summed E-state index contributed by atoms with van der Waals surface area (Å²) in [7, 11) is 0. The Balaban J connectivity index is 1.63. The summed E-state index contributed by atoms with van der Waals surface area (Å²) < 4.78 is 46.9. The van der Waals surface area contributed by atoms with Crippen LogP contribution in [0.2, 0.25) is 0 Å². The highest BCUT2D eigenvalue weighted by atomic mass is 19.4. The first-order valence-corrected chi connectivity index (χ1v) is 9.17. The summed E-state index contributed by atoms with van der Waals surface area (Å²) in [4.78, 5) is 16.6. The zero-order valence-corrected chi connectivity index (χ0v) is 16.0. The molecule has 2 aliphatic heterocycles. The summed E-state index contributed by atoms with van der Waals surface area (Å²) in [5, 5.41) is 5.96. The number of ether oxygens (including phenoxy) is 2. The molecule has 158 valence electrons. The molecule has 0 radical (unpaired) electrons. The number of fused-ring (bicyclic) bond motifs is 1. The maximum Gasteiger partial charge on any atom is 0.422 e. The number of carbonyl (C=O) groups excluding carboxylic acids is 1. The normalized spacial score (nSPS) is 24.4. The van der Waals surface area contributed by atoms with Gasteiger partial charge in [0.05, 0.1) is 12.1 Å². The third kappa shape index (κ3) is 5.48. The van der Waals surface area contributed by atoms with E-state index in [0.717, 1.165) is 18.2 Å². The van der Waals surface area contributed by atoms with Gasteiger partial charge in [0.15, 0.2) is 12.5 Å². The number of amides is 1. The fourth-order valence-corrected chi connectivity index (χ4v) is 2.99. The second-order valence-corrected chi connectivity index (χ2v) is 7.16. The van der Waals surface area contributed by atoms with E-state index in [1.165, 1.54) is 0 Å². The number of anilines is 1. The molecule has 0 aliphatic carbocycles. The van der Waals surface area contributed by atoms with Gasteiger partial charge in [-0.15, -0.1) is 0 Å². The second-order valence-electron chi connectivity index (χ2n) is 7.16. The van der Waals surface area contributed by atoms with Crippen molar-refractivity contribution in [3.63, 3.8) is 0 Å². The quantitative estimate of drug-likeness (QED) is 0.472. The van der Waals surface area contributed by atoms with Gasteiger partial charge in [0, 0.05) is 24.4 Å². The number of alkyl halides is 3. The van der Waals surface area contributed by atoms with Gasteiger partial charge in [-0.25, -0.2) is 0 Å². The predicted octanol–water partition coefficient (Wildman–Crippen LogP) is 2.27. The lowest BCUT2D eigenvalue weighted by molar-refractivity contribution is -0.203. The Morgan fingerprint density at radius 1 is 1.41 bits per heavy atom. The van der Waals surface area contributed by atoms with E-state index < -0.39 is 24.6 Å². The van der Waals surface area contributed by atoms with Gasteiger partial charge >= 0.3 is 6.18 Å². The van der Waals surface area contributed by atoms with Gasteiger partial charge < -0.3 is 25.8 Å². The number of rotatable bonds is 7. The molecule has 10 heteroatoms. The minimum absolute atomic E-state index is 0.00470. The Hall–Kier alpha value is -2.59. The zero-order chi connectivity index (χ0) is 21.2. The summed E-state index contributed by atoms with van der Waals surface area (Å²) in [6.45, 7) is 2.77. The van der Waals surface area contributed by atoms with Crippen molar-refractivity contribution in [3.8, 4) is 0 Å². The van der Waals surface area contributed by atoms with Gasteiger partial charge in [-0.1, -0.05) is 12.1 Å². The SMILES string of the molecule is CC(C)N=C(C=C(N)OCC(F)(F)F)C(=O)Nc1ccc([C@@H]2OC3CN[C@H]32)cc1. The van der Waals surface area contributed by atoms with Gasteiger partial charge in [-0.2, -0.15) is 13.2 Å². The molecule has 2 fully saturated rings. The molecule has 1 unspecified atom stereocenters. The summed E-state index contributed by atoms with van der Waals surface area (Å²) in [5.41, 5.74) is 6.83. The lowest BCUT2D eigenvalue weighted by Crippen LogP contribution is -2.69. The average molecular weight is 412 g/mol. The minimum atomic E-state index is -4.53. The molecule has 29 heavy (non-hydrogen) atoms. The standard InChI is InChI=1S/C19H23F3N4O3/c1-10(2)25-13(7-15(23)28-9-19(20,21)22)18(27)26-12-5-3-11(4-6-12)17-16-14(29-17)8-24-16/h3-7,10,14,16-17,24H,8-9,23H2,1-2H3,(H,26,27)/t14?,16-,17+/m1/s1. The van der Waals surface area contributed by atoms with Crippen molar-refractivity contribution >= 4 is 17.3 Å². The second kappa shape index (κ2) is 8.42. The first-order chi connectivity index (χ1) is 13.6. The zero-order valence-electron chi connectivity index (χ0n) is 16.0. The maximum absolute atomic E-state index is 12.5. The van der Waals surface area contributed by atoms with Crippen molar-refractivity contribution in [1.29, 1.82) is 0 Å². The molecule has 0 spiro atoms. The highest BCUT2D eigenvalue weighted by Crippen LogP contribution is 2.39. The monoisotopic (exact) mass is 412 g/mol. The molecule has 0 saturated carbocycles. The number of hydrogen-bond acceptors (Lipinski definition) is 6. The lowest BCUT2D eigenvalue weighted by atomic mass is 9.86. The highest BCUT2D eigenvalue weighted by molar-refractivity contribution is 6.47. The maximum atomic E-state index is 12.5. The van der Waals surface area contributed by atoms with E-state index in [-0.39, 0.29) is 24.0 Å². The number of nitrogens with two attached hydrogens (primary N) is 1. The van der Waals surface area contributed by atoms with Crippen LogP contribution >= 0.6 is 0 Å². The molecule has 0 bridgehead atoms. The highest BCUT2D eigenvalue weighted by Gasteiger charge is 2.49. The minimum Gasteiger partial charge on any atom is -0.470 e. The van der Waals surface area contributed by atoms with Crippen LogP contribution in [0.25, 0.3) is 0 Å². The molecule has 2 heterocycles. The third-order valence-electron chi connectivity index (χ3n) is 4.41. The Morgan fingerprint density at radius 2 is 2.10 bits per heavy atom. The Morgan fingerprint density at radius 3 is 2.59 bits per heavy atom. The van der Waals surface area contributed by atoms with Gasteiger partial charge in [-0.3, -0.25) is 9.79 Å². The molecule has 3 rings (SSSR count). The van der Waals surface area contributed by atoms with E-state index in [0.29, 0.717) is 11.7 Å². The molecule has 1 amide bonds. The lowest BCUT2D eigenvalue weighted by Gasteiger charge is -2.53. The van der Waals surface area contributed by atoms with E-state index in [1.807, 2.05) is 12.1 Å². The van der Waals surface area contributed by atoms with Gasteiger partial charge in [0.25, 0.3) is 5.91 Å². The number of carbonyl (C=O) groups is 1. The van der Waals surface area contributed by atoms with Crippen LogP contribution in [0, 0.1) is 0 Å². The van der Waals surface area contributed by atoms with Crippen molar-refractivity contribution in [1.82, 2.24) is 5.32 Å². The van der Waals surface area contributed by atoms with Crippen LogP contribution in [-0.2, 0) is 14.3 Å². The van der Waals surface area contributed by atoms with E-state index in [2.05, 4.69) is 20.4 Å². The van der Waals surface area contributed by atoms with E-state index in [1.54, 1.807) is 26.0 Å². The number of halogens is 3. The number of aliphatic imine (C=N–C) groups is 1. The summed E-state index contributed by atoms with van der Waals surface area (Å²) in [6.07, 6.45) is -3.26. The molecule has 2 aliphatic rings. The smallest absolute Gasteiger partial charge is 0.422 e. The number of morpholine rings is 1. The van der Waals surface area contributed by atoms with Gasteiger partial charge in [0.1, 0.15) is 11.8 Å². The van der Waals surface area contributed by atoms with Crippen LogP contribution in [0.15, 0.2) is 41.2 Å². The largest absolute Gasteiger partial charge is 0.470 e. The van der Waals surface area contributed by atoms with E-state index >= 15 is 0 Å². The van der Waals surface area contributed by atoms with Crippen LogP contribution in [-0.4, -0.2) is 49.1 Å². The summed E-state index contributed by atoms with van der Waals surface area (Å²) >= 11 is 0. The molecule has 1 aromatic carbocycles. The summed E-state index contributed by atoms with van der Waals surface area (Å²) in [5.74, 6) is -1.15. The van der Waals surface area contributed by atoms with Crippen molar-refractivity contribution < 1.29 is 27.4 Å². The topological polar surface area (TPSA) is 98.0 Å². The van der Waals surface area contributed by atoms with Crippen molar-refractivity contribution in [2.24, 2.45) is 10.7 Å². The number of nitrogens with zero attached hydrogens (tertiary/aromatic N) is 1. The molecule has 1 aromatic rings. The molecular weight excluding hydrogens is 389 g/mol. The molecule has 4 N–H and O–H groups in total. The summed E-state index contributed by atoms with van der Waals surface area (Å²) in [6, 6.07) is 7.22. The molecule has 7 nitrogen and oxygen atoms in total. The van der Waals surface area contributed by atoms with Crippen LogP contribution in [0.1, 0.15) is 25.5 Å². The van der Waals surface area contributed by atoms with E-state index in [4.69, 9.17) is 10.5 Å². The fourth-order valence-electron chi connectivity index (χ4n) is 2.99. The predicted molar refractivity (Wildman–Crippen MR) is 101 cm³/mol. The molecule has 2 saturated heterocycles. The van der Waals surface area contributed by atoms with Gasteiger partial charge in [-0.05, 0) is 31.5 Å². The van der Waals surface area contributed by atoms with Crippen molar-refractivity contribution in [2.45, 2.75) is 44.3 Å². The first-order valence-electron chi connectivity index (χ1n) is 9.17. The average Bonchev–Trinajstić information content (AvgIpc) is 2.61. The molecule has 0 aromatic heterocycles. The fraction of sp³-hybridized carbons (Fsp3) is 0.474. The van der Waals surface area contributed by atoms with Crippen LogP contribution in [0.5, 0.6) is 0 Å². The number of hydrogen-bond donors (Lipinski definition) is 3. The van der Waals surface area contributed by atoms with Crippen molar-refractivity contribution in [2.75, 3.05) is 18.5 Å². The Labute approximate surface area is 166 Å². The van der Waals surface area contributed by atoms with E-state index in [9.17, 15) is 18.0 Å². The Kier molecular flexibility index (Phi) is 6.13. The van der Waals surface area contributed by atoms with Crippen LogP contribution in [0.3, 0.4) is 0 Å². The van der Waals surface area contributed by atoms with Crippen molar-refractivity contribution in [3.05, 3.63) is 41.8 Å². The molecular formula is C19H23F3N4O3. The molecule has 3 atom stereocenters. The van der Waals surface area contributed by atoms with Gasteiger partial charge in [0.2, 0.25) is 0 Å². The number of nitrogens with one attached hydrogen (secondary N) is 2. The Bertz CT molecular complexity index is 806. The first kappa shape index (κ1) is 21.1.